The van der Waals surface area contributed by atoms with Crippen molar-refractivity contribution in [1.29, 1.82) is 0 Å². The number of quaternary nitrogens is 1. The van der Waals surface area contributed by atoms with Gasteiger partial charge in [0.2, 0.25) is 11.8 Å². The molecule has 2 fully saturated rings. The molecule has 6 nitrogen and oxygen atoms in total. The third-order valence-corrected chi connectivity index (χ3v) is 6.58. The number of amides is 2. The molecule has 1 N–H and O–H groups in total. The first-order valence-corrected chi connectivity index (χ1v) is 9.98. The maximum Gasteiger partial charge on any atom is 0.240 e. The van der Waals surface area contributed by atoms with Gasteiger partial charge in [0.05, 0.1) is 26.2 Å². The van der Waals surface area contributed by atoms with E-state index in [0.717, 1.165) is 56.7 Å². The summed E-state index contributed by atoms with van der Waals surface area (Å²) < 4.78 is 10.8. The number of hydrogen-bond acceptors (Lipinski definition) is 4. The maximum absolute atomic E-state index is 13.1. The van der Waals surface area contributed by atoms with Crippen molar-refractivity contribution in [2.75, 3.05) is 27.4 Å². The van der Waals surface area contributed by atoms with Gasteiger partial charge in [-0.1, -0.05) is 19.3 Å². The second-order valence-electron chi connectivity index (χ2n) is 8.21. The van der Waals surface area contributed by atoms with Crippen LogP contribution in [-0.2, 0) is 22.6 Å². The van der Waals surface area contributed by atoms with E-state index in [9.17, 15) is 9.59 Å². The van der Waals surface area contributed by atoms with Gasteiger partial charge in [-0.15, -0.1) is 0 Å². The van der Waals surface area contributed by atoms with Crippen LogP contribution >= 0.6 is 0 Å². The third-order valence-electron chi connectivity index (χ3n) is 6.58. The first-order valence-electron chi connectivity index (χ1n) is 9.98. The molecule has 1 spiro atoms. The molecular formula is C21H29N2O4+. The van der Waals surface area contributed by atoms with Crippen LogP contribution in [0.1, 0.15) is 49.7 Å². The summed E-state index contributed by atoms with van der Waals surface area (Å²) in [5, 5.41) is 0. The van der Waals surface area contributed by atoms with E-state index in [1.165, 1.54) is 22.4 Å². The molecule has 1 aromatic carbocycles. The average Bonchev–Trinajstić information content (AvgIpc) is 2.91. The number of benzene rings is 1. The standard InChI is InChI=1S/C21H28N2O4/c1-26-17-10-15-6-9-22(13-16(15)11-18(17)27-2)14-23-19(24)12-21(20(23)25)7-4-3-5-8-21/h10-11H,3-9,12-14H2,1-2H3/p+1. The fourth-order valence-electron chi connectivity index (χ4n) is 5.03. The number of carbonyl (C=O) groups excluding carboxylic acids is 2. The summed E-state index contributed by atoms with van der Waals surface area (Å²) >= 11 is 0. The molecule has 3 aliphatic rings. The molecule has 2 heterocycles. The first kappa shape index (κ1) is 18.3. The molecule has 1 saturated carbocycles. The lowest BCUT2D eigenvalue weighted by atomic mass is 9.73. The highest BCUT2D eigenvalue weighted by atomic mass is 16.5. The van der Waals surface area contributed by atoms with E-state index >= 15 is 0 Å². The molecule has 2 amide bonds. The predicted molar refractivity (Wildman–Crippen MR) is 99.6 cm³/mol. The molecule has 0 bridgehead atoms. The van der Waals surface area contributed by atoms with Crippen LogP contribution in [0.3, 0.4) is 0 Å². The van der Waals surface area contributed by atoms with E-state index < -0.39 is 0 Å². The molecule has 6 heteroatoms. The highest BCUT2D eigenvalue weighted by Gasteiger charge is 2.52. The Morgan fingerprint density at radius 3 is 2.37 bits per heavy atom. The SMILES string of the molecule is COc1cc2c(cc1OC)C[NH+](CN1C(=O)CC3(CCCCC3)C1=O)CC2. The third kappa shape index (κ3) is 3.20. The van der Waals surface area contributed by atoms with Crippen molar-refractivity contribution in [1.82, 2.24) is 4.90 Å². The van der Waals surface area contributed by atoms with Crippen LogP contribution in [0.4, 0.5) is 0 Å². The second-order valence-corrected chi connectivity index (χ2v) is 8.21. The number of hydrogen-bond donors (Lipinski definition) is 1. The second kappa shape index (κ2) is 7.15. The fraction of sp³-hybridized carbons (Fsp3) is 0.619. The summed E-state index contributed by atoms with van der Waals surface area (Å²) in [5.41, 5.74) is 2.08. The van der Waals surface area contributed by atoms with Crippen LogP contribution in [0.5, 0.6) is 11.5 Å². The van der Waals surface area contributed by atoms with Gasteiger partial charge in [0.25, 0.3) is 0 Å². The lowest BCUT2D eigenvalue weighted by molar-refractivity contribution is -0.923. The molecule has 2 aliphatic heterocycles. The zero-order chi connectivity index (χ0) is 19.0. The van der Waals surface area contributed by atoms with E-state index in [0.29, 0.717) is 13.1 Å². The minimum atomic E-state index is -0.390. The van der Waals surface area contributed by atoms with E-state index in [-0.39, 0.29) is 17.2 Å². The van der Waals surface area contributed by atoms with Crippen molar-refractivity contribution < 1.29 is 24.0 Å². The van der Waals surface area contributed by atoms with Gasteiger partial charge in [0.1, 0.15) is 6.54 Å². The van der Waals surface area contributed by atoms with Gasteiger partial charge in [0, 0.05) is 18.4 Å². The Morgan fingerprint density at radius 2 is 1.70 bits per heavy atom. The summed E-state index contributed by atoms with van der Waals surface area (Å²) in [6.07, 6.45) is 6.40. The number of ether oxygens (including phenoxy) is 2. The van der Waals surface area contributed by atoms with Crippen LogP contribution in [-0.4, -0.2) is 44.1 Å². The molecular weight excluding hydrogens is 344 g/mol. The summed E-state index contributed by atoms with van der Waals surface area (Å²) in [6.45, 7) is 2.18. The molecule has 0 aromatic heterocycles. The Kier molecular flexibility index (Phi) is 4.84. The van der Waals surface area contributed by atoms with Crippen molar-refractivity contribution in [3.63, 3.8) is 0 Å². The van der Waals surface area contributed by atoms with Gasteiger partial charge in [0.15, 0.2) is 18.2 Å². The van der Waals surface area contributed by atoms with Crippen LogP contribution in [0.25, 0.3) is 0 Å². The first-order chi connectivity index (χ1) is 13.1. The number of rotatable bonds is 4. The number of nitrogens with zero attached hydrogens (tertiary/aromatic N) is 1. The van der Waals surface area contributed by atoms with Crippen molar-refractivity contribution >= 4 is 11.8 Å². The number of carbonyl (C=O) groups is 2. The lowest BCUT2D eigenvalue weighted by Crippen LogP contribution is -3.13. The Balaban J connectivity index is 1.48. The Labute approximate surface area is 160 Å². The molecule has 1 saturated heterocycles. The molecule has 1 aliphatic carbocycles. The highest BCUT2D eigenvalue weighted by Crippen LogP contribution is 2.45. The molecule has 0 radical (unpaired) electrons. The monoisotopic (exact) mass is 373 g/mol. The van der Waals surface area contributed by atoms with Crippen LogP contribution in [0.2, 0.25) is 0 Å². The van der Waals surface area contributed by atoms with Crippen molar-refractivity contribution in [2.24, 2.45) is 5.41 Å². The van der Waals surface area contributed by atoms with Gasteiger partial charge in [-0.05, 0) is 30.5 Å². The number of likely N-dealkylation sites (tertiary alicyclic amines) is 1. The zero-order valence-electron chi connectivity index (χ0n) is 16.3. The van der Waals surface area contributed by atoms with E-state index in [1.807, 2.05) is 12.1 Å². The largest absolute Gasteiger partial charge is 0.493 e. The fourth-order valence-corrected chi connectivity index (χ4v) is 5.03. The lowest BCUT2D eigenvalue weighted by Gasteiger charge is -2.32. The molecule has 1 aromatic rings. The van der Waals surface area contributed by atoms with Crippen LogP contribution < -0.4 is 14.4 Å². The summed E-state index contributed by atoms with van der Waals surface area (Å²) in [6, 6.07) is 4.08. The number of imide groups is 1. The normalized spacial score (nSPS) is 24.2. The molecule has 1 unspecified atom stereocenters. The Hall–Kier alpha value is -2.08. The van der Waals surface area contributed by atoms with Crippen molar-refractivity contribution in [3.05, 3.63) is 23.3 Å². The highest BCUT2D eigenvalue weighted by molar-refractivity contribution is 6.05. The number of fused-ring (bicyclic) bond motifs is 1. The zero-order valence-corrected chi connectivity index (χ0v) is 16.3. The predicted octanol–water partition coefficient (Wildman–Crippen LogP) is 1.31. The smallest absolute Gasteiger partial charge is 0.240 e. The quantitative estimate of drug-likeness (QED) is 0.809. The summed E-state index contributed by atoms with van der Waals surface area (Å²) in [4.78, 5) is 28.5. The van der Waals surface area contributed by atoms with Crippen LogP contribution in [0.15, 0.2) is 12.1 Å². The van der Waals surface area contributed by atoms with Gasteiger partial charge >= 0.3 is 0 Å². The Bertz CT molecular complexity index is 755. The molecule has 27 heavy (non-hydrogen) atoms. The minimum absolute atomic E-state index is 0.0208. The number of nitrogens with one attached hydrogen (secondary N) is 1. The Morgan fingerprint density at radius 1 is 1.04 bits per heavy atom. The minimum Gasteiger partial charge on any atom is -0.493 e. The van der Waals surface area contributed by atoms with E-state index in [2.05, 4.69) is 0 Å². The van der Waals surface area contributed by atoms with Gasteiger partial charge in [-0.2, -0.15) is 0 Å². The van der Waals surface area contributed by atoms with Gasteiger partial charge in [-0.3, -0.25) is 9.59 Å². The topological polar surface area (TPSA) is 60.3 Å². The van der Waals surface area contributed by atoms with Crippen molar-refractivity contribution in [3.8, 4) is 11.5 Å². The summed E-state index contributed by atoms with van der Waals surface area (Å²) in [5.74, 6) is 1.58. The average molecular weight is 373 g/mol. The number of methoxy groups -OCH3 is 2. The van der Waals surface area contributed by atoms with Gasteiger partial charge in [-0.25, -0.2) is 4.90 Å². The molecule has 1 atom stereocenters. The van der Waals surface area contributed by atoms with Gasteiger partial charge < -0.3 is 14.4 Å². The maximum atomic E-state index is 13.1. The molecule has 4 rings (SSSR count). The van der Waals surface area contributed by atoms with Crippen LogP contribution in [0, 0.1) is 5.41 Å². The van der Waals surface area contributed by atoms with E-state index in [4.69, 9.17) is 9.47 Å². The summed E-state index contributed by atoms with van der Waals surface area (Å²) in [7, 11) is 3.29. The van der Waals surface area contributed by atoms with E-state index in [1.54, 1.807) is 19.1 Å². The van der Waals surface area contributed by atoms with Crippen molar-refractivity contribution in [2.45, 2.75) is 51.5 Å². The molecule has 146 valence electrons.